The van der Waals surface area contributed by atoms with Crippen LogP contribution in [-0.4, -0.2) is 38.1 Å². The molecule has 0 N–H and O–H groups in total. The molecule has 2 heteroatoms. The van der Waals surface area contributed by atoms with E-state index in [0.717, 1.165) is 0 Å². The molecule has 1 aromatic carbocycles. The van der Waals surface area contributed by atoms with E-state index in [4.69, 9.17) is 0 Å². The average molecular weight is 306 g/mol. The Labute approximate surface area is 118 Å². The number of rotatable bonds is 5. The second kappa shape index (κ2) is 6.36. The van der Waals surface area contributed by atoms with Crippen molar-refractivity contribution >= 4 is 20.1 Å². The monoisotopic (exact) mass is 307 g/mol. The third-order valence-electron chi connectivity index (χ3n) is 3.74. The minimum atomic E-state index is 0.418. The summed E-state index contributed by atoms with van der Waals surface area (Å²) >= 11 is 3.33. The minimum absolute atomic E-state index is 0.418. The van der Waals surface area contributed by atoms with Gasteiger partial charge in [-0.1, -0.05) is 0 Å². The molecule has 2 atom stereocenters. The Bertz CT molecular complexity index is 406. The normalized spacial score (nSPS) is 18.4. The predicted octanol–water partition coefficient (Wildman–Crippen LogP) is 2.99. The van der Waals surface area contributed by atoms with Gasteiger partial charge in [-0.15, -0.1) is 0 Å². The van der Waals surface area contributed by atoms with Gasteiger partial charge in [-0.3, -0.25) is 0 Å². The van der Waals surface area contributed by atoms with Crippen LogP contribution in [0.3, 0.4) is 0 Å². The summed E-state index contributed by atoms with van der Waals surface area (Å²) in [6, 6.07) is 10.8. The van der Waals surface area contributed by atoms with Crippen LogP contribution in [0, 0.1) is 5.92 Å². The molecule has 1 nitrogen and oxygen atoms in total. The van der Waals surface area contributed by atoms with Crippen molar-refractivity contribution in [2.75, 3.05) is 13.1 Å². The Kier molecular flexibility index (Phi) is 4.79. The van der Waals surface area contributed by atoms with E-state index < -0.39 is 0 Å². The molecule has 0 aromatic heterocycles. The first-order valence-corrected chi connectivity index (χ1v) is 7.56. The van der Waals surface area contributed by atoms with Crippen molar-refractivity contribution in [2.24, 2.45) is 5.92 Å². The van der Waals surface area contributed by atoms with Crippen molar-refractivity contribution in [3.63, 3.8) is 0 Å². The van der Waals surface area contributed by atoms with Crippen molar-refractivity contribution in [1.29, 1.82) is 0 Å². The summed E-state index contributed by atoms with van der Waals surface area (Å²) < 4.78 is 1.38. The van der Waals surface area contributed by atoms with Crippen molar-refractivity contribution in [1.82, 2.24) is 4.90 Å². The van der Waals surface area contributed by atoms with E-state index in [0.29, 0.717) is 11.8 Å². The number of hydrogen-bond acceptors (Lipinski definition) is 1. The quantitative estimate of drug-likeness (QED) is 0.597. The molecule has 96 valence electrons. The van der Waals surface area contributed by atoms with Crippen LogP contribution in [0.4, 0.5) is 0 Å². The van der Waals surface area contributed by atoms with Gasteiger partial charge < -0.3 is 0 Å². The summed E-state index contributed by atoms with van der Waals surface area (Å²) in [6.45, 7) is 8.60. The molecule has 0 amide bonds. The van der Waals surface area contributed by atoms with Gasteiger partial charge in [0.05, 0.1) is 0 Å². The fourth-order valence-corrected chi connectivity index (χ4v) is 3.72. The number of allylic oxidation sites excluding steroid dienone is 1. The number of nitrogens with zero attached hydrogens (tertiary/aromatic N) is 1. The molecule has 1 saturated heterocycles. The molecule has 1 aliphatic rings. The standard InChI is InChI=1S/C16H21NSe/c1-3-13(2)15(14-9-5-4-6-10-14)16(18)17-11-7-8-12-17/h3-6,9-10,13,15H,1,7-8,11-12H2,2H3. The van der Waals surface area contributed by atoms with Crippen LogP contribution in [0.25, 0.3) is 0 Å². The zero-order chi connectivity index (χ0) is 13.0. The molecule has 1 aliphatic heterocycles. The first-order valence-electron chi connectivity index (χ1n) is 6.70. The first-order chi connectivity index (χ1) is 8.74. The number of likely N-dealkylation sites (tertiary alicyclic amines) is 1. The number of hydrogen-bond donors (Lipinski definition) is 0. The van der Waals surface area contributed by atoms with Crippen LogP contribution >= 0.6 is 0 Å². The molecular weight excluding hydrogens is 285 g/mol. The van der Waals surface area contributed by atoms with E-state index in [2.05, 4.69) is 70.4 Å². The Morgan fingerprint density at radius 1 is 1.28 bits per heavy atom. The summed E-state index contributed by atoms with van der Waals surface area (Å²) in [5.41, 5.74) is 1.38. The second-order valence-corrected chi connectivity index (χ2v) is 5.89. The van der Waals surface area contributed by atoms with E-state index in [1.54, 1.807) is 0 Å². The molecule has 0 saturated carbocycles. The SMILES string of the molecule is C=CC(C)C(C(=[Se])N1CCCC1)c1ccccc1. The van der Waals surface area contributed by atoms with Gasteiger partial charge in [0.2, 0.25) is 0 Å². The summed E-state index contributed by atoms with van der Waals surface area (Å²) in [6.07, 6.45) is 4.69. The zero-order valence-corrected chi connectivity index (χ0v) is 12.7. The van der Waals surface area contributed by atoms with E-state index in [1.165, 1.54) is 36.0 Å². The Balaban J connectivity index is 2.25. The molecule has 18 heavy (non-hydrogen) atoms. The van der Waals surface area contributed by atoms with E-state index in [9.17, 15) is 0 Å². The van der Waals surface area contributed by atoms with Gasteiger partial charge in [-0.2, -0.15) is 0 Å². The van der Waals surface area contributed by atoms with Crippen molar-refractivity contribution < 1.29 is 0 Å². The summed E-state index contributed by atoms with van der Waals surface area (Å²) in [5, 5.41) is 0. The molecule has 2 rings (SSSR count). The van der Waals surface area contributed by atoms with Gasteiger partial charge in [-0.25, -0.2) is 0 Å². The Hall–Kier alpha value is -0.851. The fraction of sp³-hybridized carbons (Fsp3) is 0.438. The summed E-state index contributed by atoms with van der Waals surface area (Å²) in [7, 11) is 0. The zero-order valence-electron chi connectivity index (χ0n) is 11.0. The molecule has 0 bridgehead atoms. The van der Waals surface area contributed by atoms with Crippen LogP contribution < -0.4 is 0 Å². The Morgan fingerprint density at radius 3 is 2.44 bits per heavy atom. The third kappa shape index (κ3) is 2.93. The van der Waals surface area contributed by atoms with Gasteiger partial charge in [0, 0.05) is 0 Å². The van der Waals surface area contributed by atoms with E-state index >= 15 is 0 Å². The van der Waals surface area contributed by atoms with Crippen LogP contribution in [-0.2, 0) is 0 Å². The second-order valence-electron chi connectivity index (χ2n) is 5.02. The fourth-order valence-electron chi connectivity index (χ4n) is 2.60. The summed E-state index contributed by atoms with van der Waals surface area (Å²) in [4.78, 5) is 2.50. The number of benzene rings is 1. The molecular formula is C16H21NSe. The third-order valence-corrected chi connectivity index (χ3v) is 4.81. The molecule has 2 unspecified atom stereocenters. The van der Waals surface area contributed by atoms with E-state index in [1.807, 2.05) is 0 Å². The summed E-state index contributed by atoms with van der Waals surface area (Å²) in [5.74, 6) is 0.867. The molecule has 1 heterocycles. The molecule has 0 aliphatic carbocycles. The topological polar surface area (TPSA) is 3.24 Å². The molecule has 1 fully saturated rings. The average Bonchev–Trinajstić information content (AvgIpc) is 2.94. The van der Waals surface area contributed by atoms with Crippen molar-refractivity contribution in [3.8, 4) is 0 Å². The maximum atomic E-state index is 3.97. The van der Waals surface area contributed by atoms with Crippen LogP contribution in [0.1, 0.15) is 31.2 Å². The van der Waals surface area contributed by atoms with Gasteiger partial charge in [0.25, 0.3) is 0 Å². The van der Waals surface area contributed by atoms with E-state index in [-0.39, 0.29) is 0 Å². The first kappa shape index (κ1) is 13.6. The van der Waals surface area contributed by atoms with Gasteiger partial charge in [0.15, 0.2) is 0 Å². The molecule has 1 aromatic rings. The Morgan fingerprint density at radius 2 is 1.89 bits per heavy atom. The predicted molar refractivity (Wildman–Crippen MR) is 80.1 cm³/mol. The van der Waals surface area contributed by atoms with Crippen LogP contribution in [0.15, 0.2) is 43.0 Å². The van der Waals surface area contributed by atoms with Crippen molar-refractivity contribution in [2.45, 2.75) is 25.7 Å². The van der Waals surface area contributed by atoms with Crippen molar-refractivity contribution in [3.05, 3.63) is 48.6 Å². The van der Waals surface area contributed by atoms with Crippen LogP contribution in [0.2, 0.25) is 0 Å². The van der Waals surface area contributed by atoms with Crippen LogP contribution in [0.5, 0.6) is 0 Å². The maximum absolute atomic E-state index is 3.97. The van der Waals surface area contributed by atoms with Gasteiger partial charge in [-0.05, 0) is 0 Å². The molecule has 0 radical (unpaired) electrons. The van der Waals surface area contributed by atoms with Gasteiger partial charge in [0.1, 0.15) is 0 Å². The molecule has 0 spiro atoms. The van der Waals surface area contributed by atoms with Gasteiger partial charge >= 0.3 is 118 Å².